The number of hydrogen-bond donors (Lipinski definition) is 1. The van der Waals surface area contributed by atoms with Gasteiger partial charge in [0.1, 0.15) is 6.10 Å². The number of carbonyl (C=O) groups excluding carboxylic acids is 1. The fraction of sp³-hybridized carbons (Fsp3) is 0.857. The van der Waals surface area contributed by atoms with Crippen molar-refractivity contribution in [2.45, 2.75) is 174 Å². The van der Waals surface area contributed by atoms with Gasteiger partial charge in [-0.1, -0.05) is 141 Å². The molecule has 39 heavy (non-hydrogen) atoms. The van der Waals surface area contributed by atoms with Crippen LogP contribution in [0.3, 0.4) is 0 Å². The van der Waals surface area contributed by atoms with Crippen molar-refractivity contribution in [3.05, 3.63) is 24.3 Å². The molecule has 0 spiro atoms. The molecule has 0 aliphatic heterocycles. The third-order valence-corrected chi connectivity index (χ3v) is 7.28. The molecule has 1 unspecified atom stereocenters. The minimum atomic E-state index is -0.528. The zero-order chi connectivity index (χ0) is 28.5. The predicted octanol–water partition coefficient (Wildman–Crippen LogP) is 10.4. The Labute approximate surface area is 243 Å². The molecule has 4 heteroatoms. The van der Waals surface area contributed by atoms with Crippen LogP contribution in [-0.2, 0) is 14.3 Å². The maximum absolute atomic E-state index is 12.1. The summed E-state index contributed by atoms with van der Waals surface area (Å²) in [6.45, 7) is 5.29. The Kier molecular flexibility index (Phi) is 32.1. The lowest BCUT2D eigenvalue weighted by Crippen LogP contribution is -2.27. The highest BCUT2D eigenvalue weighted by Crippen LogP contribution is 2.13. The van der Waals surface area contributed by atoms with E-state index in [1.165, 1.54) is 122 Å². The molecule has 1 N–H and O–H groups in total. The molecule has 0 amide bonds. The summed E-state index contributed by atoms with van der Waals surface area (Å²) in [5.74, 6) is -0.208. The molecule has 0 fully saturated rings. The summed E-state index contributed by atoms with van der Waals surface area (Å²) in [7, 11) is 0. The lowest BCUT2D eigenvalue weighted by Gasteiger charge is -2.15. The van der Waals surface area contributed by atoms with Gasteiger partial charge >= 0.3 is 5.97 Å². The summed E-state index contributed by atoms with van der Waals surface area (Å²) in [5, 5.41) is 9.46. The molecule has 0 heterocycles. The Balaban J connectivity index is 3.41. The van der Waals surface area contributed by atoms with E-state index in [4.69, 9.17) is 9.47 Å². The van der Waals surface area contributed by atoms with E-state index < -0.39 is 6.10 Å². The van der Waals surface area contributed by atoms with E-state index in [1.54, 1.807) is 0 Å². The number of allylic oxidation sites excluding steroid dienone is 4. The molecule has 4 nitrogen and oxygen atoms in total. The van der Waals surface area contributed by atoms with Crippen LogP contribution < -0.4 is 0 Å². The van der Waals surface area contributed by atoms with Crippen molar-refractivity contribution in [1.82, 2.24) is 0 Å². The summed E-state index contributed by atoms with van der Waals surface area (Å²) in [5.41, 5.74) is 0. The van der Waals surface area contributed by atoms with Crippen molar-refractivity contribution in [2.24, 2.45) is 0 Å². The van der Waals surface area contributed by atoms with Crippen molar-refractivity contribution in [3.8, 4) is 0 Å². The zero-order valence-corrected chi connectivity index (χ0v) is 26.2. The molecule has 0 rings (SSSR count). The van der Waals surface area contributed by atoms with E-state index in [1.807, 2.05) is 0 Å². The molecule has 0 saturated heterocycles. The molecule has 0 aromatic carbocycles. The Morgan fingerprint density at radius 2 is 1.08 bits per heavy atom. The summed E-state index contributed by atoms with van der Waals surface area (Å²) < 4.78 is 11.0. The van der Waals surface area contributed by atoms with Crippen molar-refractivity contribution < 1.29 is 19.4 Å². The first-order chi connectivity index (χ1) is 19.2. The van der Waals surface area contributed by atoms with E-state index in [9.17, 15) is 9.90 Å². The quantitative estimate of drug-likeness (QED) is 0.0530. The van der Waals surface area contributed by atoms with Crippen LogP contribution in [-0.4, -0.2) is 37.0 Å². The van der Waals surface area contributed by atoms with E-state index in [-0.39, 0.29) is 12.6 Å². The first kappa shape index (κ1) is 37.9. The number of carbonyl (C=O) groups is 1. The SMILES string of the molecule is CCCCCCC/C=C\C/C=C\CCCCCCCCCCCC(=O)OC(CO)COCCCCCCCC. The van der Waals surface area contributed by atoms with Crippen LogP contribution in [0.15, 0.2) is 24.3 Å². The number of aliphatic hydroxyl groups is 1. The van der Waals surface area contributed by atoms with Gasteiger partial charge in [0.05, 0.1) is 13.2 Å². The fourth-order valence-electron chi connectivity index (χ4n) is 4.71. The Bertz CT molecular complexity index is 543. The van der Waals surface area contributed by atoms with E-state index in [0.29, 0.717) is 19.6 Å². The summed E-state index contributed by atoms with van der Waals surface area (Å²) in [6.07, 6.45) is 37.9. The lowest BCUT2D eigenvalue weighted by atomic mass is 10.1. The monoisotopic (exact) mass is 550 g/mol. The number of ether oxygens (including phenoxy) is 2. The van der Waals surface area contributed by atoms with Crippen molar-refractivity contribution in [2.75, 3.05) is 19.8 Å². The molecule has 0 bridgehead atoms. The van der Waals surface area contributed by atoms with Gasteiger partial charge in [-0.05, 0) is 44.9 Å². The van der Waals surface area contributed by atoms with Gasteiger partial charge in [-0.15, -0.1) is 0 Å². The van der Waals surface area contributed by atoms with Gasteiger partial charge in [-0.25, -0.2) is 0 Å². The second-order valence-electron chi connectivity index (χ2n) is 11.2. The van der Waals surface area contributed by atoms with Crippen LogP contribution in [0.4, 0.5) is 0 Å². The standard InChI is InChI=1S/C35H66O4/c1-3-5-7-9-11-12-13-14-15-16-17-18-19-20-21-22-23-24-25-26-28-30-35(37)39-34(32-36)33-38-31-29-27-10-8-6-4-2/h13-14,16-17,34,36H,3-12,15,18-33H2,1-2H3/b14-13-,17-16-. The minimum absolute atomic E-state index is 0.171. The van der Waals surface area contributed by atoms with Gasteiger partial charge in [0.25, 0.3) is 0 Å². The zero-order valence-electron chi connectivity index (χ0n) is 26.2. The minimum Gasteiger partial charge on any atom is -0.457 e. The fourth-order valence-corrected chi connectivity index (χ4v) is 4.71. The molecule has 1 atom stereocenters. The number of aliphatic hydroxyl groups excluding tert-OH is 1. The van der Waals surface area contributed by atoms with Crippen LogP contribution >= 0.6 is 0 Å². The second-order valence-corrected chi connectivity index (χ2v) is 11.2. The predicted molar refractivity (Wildman–Crippen MR) is 168 cm³/mol. The van der Waals surface area contributed by atoms with E-state index in [2.05, 4.69) is 38.2 Å². The van der Waals surface area contributed by atoms with Crippen LogP contribution in [0.2, 0.25) is 0 Å². The van der Waals surface area contributed by atoms with Gasteiger partial charge < -0.3 is 14.6 Å². The molecule has 0 aliphatic rings. The van der Waals surface area contributed by atoms with E-state index in [0.717, 1.165) is 25.7 Å². The molecular weight excluding hydrogens is 484 g/mol. The molecule has 0 aromatic heterocycles. The second kappa shape index (κ2) is 33.1. The Hall–Kier alpha value is -1.13. The normalized spacial score (nSPS) is 12.6. The third-order valence-electron chi connectivity index (χ3n) is 7.28. The van der Waals surface area contributed by atoms with Gasteiger partial charge in [0.15, 0.2) is 0 Å². The third kappa shape index (κ3) is 31.3. The maximum Gasteiger partial charge on any atom is 0.306 e. The molecule has 230 valence electrons. The van der Waals surface area contributed by atoms with E-state index >= 15 is 0 Å². The van der Waals surface area contributed by atoms with Crippen LogP contribution in [0.5, 0.6) is 0 Å². The highest BCUT2D eigenvalue weighted by atomic mass is 16.6. The highest BCUT2D eigenvalue weighted by Gasteiger charge is 2.13. The van der Waals surface area contributed by atoms with Gasteiger partial charge in [-0.2, -0.15) is 0 Å². The average Bonchev–Trinajstić information content (AvgIpc) is 2.94. The number of esters is 1. The summed E-state index contributed by atoms with van der Waals surface area (Å²) >= 11 is 0. The average molecular weight is 551 g/mol. The van der Waals surface area contributed by atoms with Crippen LogP contribution in [0, 0.1) is 0 Å². The largest absolute Gasteiger partial charge is 0.457 e. The van der Waals surface area contributed by atoms with Crippen molar-refractivity contribution >= 4 is 5.97 Å². The summed E-state index contributed by atoms with van der Waals surface area (Å²) in [4.78, 5) is 12.1. The number of hydrogen-bond acceptors (Lipinski definition) is 4. The van der Waals surface area contributed by atoms with Crippen molar-refractivity contribution in [1.29, 1.82) is 0 Å². The maximum atomic E-state index is 12.1. The molecule has 0 radical (unpaired) electrons. The summed E-state index contributed by atoms with van der Waals surface area (Å²) in [6, 6.07) is 0. The van der Waals surface area contributed by atoms with Gasteiger partial charge in [0.2, 0.25) is 0 Å². The Morgan fingerprint density at radius 1 is 0.615 bits per heavy atom. The first-order valence-corrected chi connectivity index (χ1v) is 16.9. The molecule has 0 saturated carbocycles. The lowest BCUT2D eigenvalue weighted by molar-refractivity contribution is -0.154. The van der Waals surface area contributed by atoms with Gasteiger partial charge in [0, 0.05) is 13.0 Å². The van der Waals surface area contributed by atoms with Crippen LogP contribution in [0.1, 0.15) is 168 Å². The highest BCUT2D eigenvalue weighted by molar-refractivity contribution is 5.69. The molecule has 0 aromatic rings. The number of rotatable bonds is 31. The number of unbranched alkanes of at least 4 members (excludes halogenated alkanes) is 19. The topological polar surface area (TPSA) is 55.8 Å². The first-order valence-electron chi connectivity index (χ1n) is 16.9. The van der Waals surface area contributed by atoms with Crippen LogP contribution in [0.25, 0.3) is 0 Å². The smallest absolute Gasteiger partial charge is 0.306 e. The van der Waals surface area contributed by atoms with Gasteiger partial charge in [-0.3, -0.25) is 4.79 Å². The Morgan fingerprint density at radius 3 is 1.59 bits per heavy atom. The molecular formula is C35H66O4. The molecule has 0 aliphatic carbocycles. The van der Waals surface area contributed by atoms with Crippen molar-refractivity contribution in [3.63, 3.8) is 0 Å².